The van der Waals surface area contributed by atoms with Crippen LogP contribution in [0.25, 0.3) is 0 Å². The van der Waals surface area contributed by atoms with Crippen LogP contribution >= 0.6 is 0 Å². The summed E-state index contributed by atoms with van der Waals surface area (Å²) in [5.41, 5.74) is 4.93. The molecule has 0 saturated carbocycles. The molecule has 2 rings (SSSR count). The Morgan fingerprint density at radius 3 is 2.60 bits per heavy atom. The number of carbonyl (C=O) groups is 1. The highest BCUT2D eigenvalue weighted by Crippen LogP contribution is 2.19. The highest BCUT2D eigenvalue weighted by atomic mass is 16.6. The van der Waals surface area contributed by atoms with Crippen LogP contribution < -0.4 is 10.2 Å². The predicted molar refractivity (Wildman–Crippen MR) is 94.9 cm³/mol. The molecule has 1 N–H and O–H groups in total. The molecule has 130 valence electrons. The van der Waals surface area contributed by atoms with Crippen LogP contribution in [0.15, 0.2) is 47.6 Å². The molecule has 1 amide bonds. The number of nitro benzene ring substituents is 1. The van der Waals surface area contributed by atoms with E-state index in [-0.39, 0.29) is 12.3 Å². The lowest BCUT2D eigenvalue weighted by Crippen LogP contribution is -2.25. The van der Waals surface area contributed by atoms with Crippen LogP contribution in [0.2, 0.25) is 0 Å². The van der Waals surface area contributed by atoms with E-state index in [0.29, 0.717) is 22.6 Å². The second-order valence-corrected chi connectivity index (χ2v) is 5.54. The molecule has 0 aliphatic heterocycles. The third-order valence-corrected chi connectivity index (χ3v) is 3.62. The predicted octanol–water partition coefficient (Wildman–Crippen LogP) is 3.13. The molecule has 0 saturated heterocycles. The number of nitrogens with one attached hydrogen (secondary N) is 1. The van der Waals surface area contributed by atoms with Crippen molar-refractivity contribution in [3.63, 3.8) is 0 Å². The number of nitro groups is 1. The van der Waals surface area contributed by atoms with Crippen molar-refractivity contribution >= 4 is 17.3 Å². The summed E-state index contributed by atoms with van der Waals surface area (Å²) in [6.45, 7) is 5.05. The molecule has 0 heterocycles. The molecule has 0 aliphatic rings. The number of aryl methyl sites for hydroxylation is 2. The molecule has 25 heavy (non-hydrogen) atoms. The number of para-hydroxylation sites is 1. The van der Waals surface area contributed by atoms with Gasteiger partial charge in [0.05, 0.1) is 10.6 Å². The second kappa shape index (κ2) is 8.05. The average molecular weight is 341 g/mol. The Hall–Kier alpha value is -3.22. The standard InChI is InChI=1S/C18H19N3O4/c1-12-8-9-15(10-16(12)21(23)24)14(3)19-20-18(22)11-25-17-7-5-4-6-13(17)2/h4-10H,11H2,1-3H3,(H,20,22). The molecule has 0 spiro atoms. The molecule has 7 nitrogen and oxygen atoms in total. The maximum atomic E-state index is 11.8. The Balaban J connectivity index is 1.99. The molecule has 0 bridgehead atoms. The summed E-state index contributed by atoms with van der Waals surface area (Å²) in [7, 11) is 0. The number of hydrogen-bond acceptors (Lipinski definition) is 5. The molecule has 0 fully saturated rings. The monoisotopic (exact) mass is 341 g/mol. The van der Waals surface area contributed by atoms with Gasteiger partial charge < -0.3 is 4.74 Å². The van der Waals surface area contributed by atoms with Gasteiger partial charge in [-0.15, -0.1) is 0 Å². The van der Waals surface area contributed by atoms with Crippen LogP contribution in [0.5, 0.6) is 5.75 Å². The molecule has 0 radical (unpaired) electrons. The van der Waals surface area contributed by atoms with Crippen LogP contribution in [0.3, 0.4) is 0 Å². The van der Waals surface area contributed by atoms with Crippen LogP contribution in [-0.2, 0) is 4.79 Å². The highest BCUT2D eigenvalue weighted by Gasteiger charge is 2.12. The first kappa shape index (κ1) is 18.1. The van der Waals surface area contributed by atoms with Gasteiger partial charge in [-0.2, -0.15) is 5.10 Å². The van der Waals surface area contributed by atoms with E-state index in [1.807, 2.05) is 25.1 Å². The Morgan fingerprint density at radius 2 is 1.92 bits per heavy atom. The van der Waals surface area contributed by atoms with E-state index < -0.39 is 10.8 Å². The Labute approximate surface area is 145 Å². The number of benzene rings is 2. The summed E-state index contributed by atoms with van der Waals surface area (Å²) >= 11 is 0. The van der Waals surface area contributed by atoms with E-state index in [1.54, 1.807) is 32.0 Å². The topological polar surface area (TPSA) is 93.8 Å². The van der Waals surface area contributed by atoms with Gasteiger partial charge >= 0.3 is 0 Å². The van der Waals surface area contributed by atoms with Gasteiger partial charge in [0.15, 0.2) is 6.61 Å². The summed E-state index contributed by atoms with van der Waals surface area (Å²) in [6, 6.07) is 12.2. The summed E-state index contributed by atoms with van der Waals surface area (Å²) in [6.07, 6.45) is 0. The van der Waals surface area contributed by atoms with Crippen molar-refractivity contribution in [3.05, 3.63) is 69.3 Å². The average Bonchev–Trinajstić information content (AvgIpc) is 2.59. The number of hydrogen-bond donors (Lipinski definition) is 1. The Bertz CT molecular complexity index is 831. The summed E-state index contributed by atoms with van der Waals surface area (Å²) in [5.74, 6) is 0.219. The van der Waals surface area contributed by atoms with Crippen molar-refractivity contribution in [1.82, 2.24) is 5.43 Å². The first-order valence-electron chi connectivity index (χ1n) is 7.65. The smallest absolute Gasteiger partial charge is 0.277 e. The Kier molecular flexibility index (Phi) is 5.84. The van der Waals surface area contributed by atoms with Crippen molar-refractivity contribution in [3.8, 4) is 5.75 Å². The fourth-order valence-corrected chi connectivity index (χ4v) is 2.14. The first-order chi connectivity index (χ1) is 11.9. The van der Waals surface area contributed by atoms with Crippen molar-refractivity contribution in [1.29, 1.82) is 0 Å². The largest absolute Gasteiger partial charge is 0.483 e. The quantitative estimate of drug-likeness (QED) is 0.496. The fraction of sp³-hybridized carbons (Fsp3) is 0.222. The van der Waals surface area contributed by atoms with Gasteiger partial charge in [0.25, 0.3) is 11.6 Å². The molecule has 0 atom stereocenters. The van der Waals surface area contributed by atoms with Crippen molar-refractivity contribution in [2.45, 2.75) is 20.8 Å². The van der Waals surface area contributed by atoms with E-state index in [0.717, 1.165) is 5.56 Å². The third-order valence-electron chi connectivity index (χ3n) is 3.62. The van der Waals surface area contributed by atoms with E-state index in [1.165, 1.54) is 6.07 Å². The lowest BCUT2D eigenvalue weighted by Gasteiger charge is -2.08. The molecular formula is C18H19N3O4. The SMILES string of the molecule is CC(=NNC(=O)COc1ccccc1C)c1ccc(C)c([N+](=O)[O-])c1. The molecule has 0 aromatic heterocycles. The van der Waals surface area contributed by atoms with Crippen LogP contribution in [0.4, 0.5) is 5.69 Å². The zero-order valence-corrected chi connectivity index (χ0v) is 14.3. The molecule has 7 heteroatoms. The summed E-state index contributed by atoms with van der Waals surface area (Å²) < 4.78 is 5.43. The minimum Gasteiger partial charge on any atom is -0.483 e. The fourth-order valence-electron chi connectivity index (χ4n) is 2.14. The maximum absolute atomic E-state index is 11.8. The van der Waals surface area contributed by atoms with Crippen molar-refractivity contribution in [2.24, 2.45) is 5.10 Å². The van der Waals surface area contributed by atoms with E-state index in [4.69, 9.17) is 4.74 Å². The summed E-state index contributed by atoms with van der Waals surface area (Å²) in [5, 5.41) is 15.0. The van der Waals surface area contributed by atoms with E-state index in [9.17, 15) is 14.9 Å². The number of carbonyl (C=O) groups excluding carboxylic acids is 1. The van der Waals surface area contributed by atoms with Gasteiger partial charge in [-0.25, -0.2) is 5.43 Å². The number of ether oxygens (including phenoxy) is 1. The molecule has 0 unspecified atom stereocenters. The lowest BCUT2D eigenvalue weighted by molar-refractivity contribution is -0.385. The molecule has 2 aromatic carbocycles. The van der Waals surface area contributed by atoms with Crippen molar-refractivity contribution in [2.75, 3.05) is 6.61 Å². The minimum atomic E-state index is -0.444. The van der Waals surface area contributed by atoms with Gasteiger partial charge in [0.2, 0.25) is 0 Å². The minimum absolute atomic E-state index is 0.0151. The number of hydrazone groups is 1. The van der Waals surface area contributed by atoms with Crippen LogP contribution in [0.1, 0.15) is 23.6 Å². The second-order valence-electron chi connectivity index (χ2n) is 5.54. The zero-order valence-electron chi connectivity index (χ0n) is 14.3. The normalized spacial score (nSPS) is 11.1. The Morgan fingerprint density at radius 1 is 1.20 bits per heavy atom. The van der Waals surface area contributed by atoms with Gasteiger partial charge in [0.1, 0.15) is 5.75 Å². The van der Waals surface area contributed by atoms with E-state index in [2.05, 4.69) is 10.5 Å². The number of nitrogens with zero attached hydrogens (tertiary/aromatic N) is 2. The first-order valence-corrected chi connectivity index (χ1v) is 7.65. The van der Waals surface area contributed by atoms with Gasteiger partial charge in [-0.3, -0.25) is 14.9 Å². The molecular weight excluding hydrogens is 322 g/mol. The molecule has 0 aliphatic carbocycles. The van der Waals surface area contributed by atoms with Gasteiger partial charge in [0, 0.05) is 17.2 Å². The van der Waals surface area contributed by atoms with Crippen LogP contribution in [0, 0.1) is 24.0 Å². The molecule has 2 aromatic rings. The van der Waals surface area contributed by atoms with Gasteiger partial charge in [-0.1, -0.05) is 30.3 Å². The number of amides is 1. The third kappa shape index (κ3) is 4.87. The van der Waals surface area contributed by atoms with E-state index >= 15 is 0 Å². The zero-order chi connectivity index (χ0) is 18.4. The van der Waals surface area contributed by atoms with Crippen molar-refractivity contribution < 1.29 is 14.5 Å². The maximum Gasteiger partial charge on any atom is 0.277 e. The van der Waals surface area contributed by atoms with Crippen LogP contribution in [-0.4, -0.2) is 23.1 Å². The lowest BCUT2D eigenvalue weighted by atomic mass is 10.1. The van der Waals surface area contributed by atoms with Gasteiger partial charge in [-0.05, 0) is 32.4 Å². The summed E-state index contributed by atoms with van der Waals surface area (Å²) in [4.78, 5) is 22.4. The number of rotatable bonds is 6. The highest BCUT2D eigenvalue weighted by molar-refractivity contribution is 5.99.